The topological polar surface area (TPSA) is 62.3 Å². The Morgan fingerprint density at radius 3 is 2.67 bits per heavy atom. The molecule has 2 rings (SSSR count). The van der Waals surface area contributed by atoms with Crippen molar-refractivity contribution in [3.63, 3.8) is 0 Å². The molecule has 15 heavy (non-hydrogen) atoms. The minimum Gasteiger partial charge on any atom is -0.450 e. The van der Waals surface area contributed by atoms with Crippen LogP contribution >= 0.6 is 0 Å². The summed E-state index contributed by atoms with van der Waals surface area (Å²) in [4.78, 5) is 12.5. The van der Waals surface area contributed by atoms with Crippen molar-refractivity contribution >= 4 is 17.1 Å². The molecule has 0 aliphatic rings. The molecule has 0 aliphatic carbocycles. The van der Waals surface area contributed by atoms with E-state index in [0.29, 0.717) is 0 Å². The van der Waals surface area contributed by atoms with Crippen LogP contribution in [0.2, 0.25) is 0 Å². The van der Waals surface area contributed by atoms with Crippen molar-refractivity contribution in [2.75, 3.05) is 6.61 Å². The van der Waals surface area contributed by atoms with E-state index in [1.807, 2.05) is 18.3 Å². The Kier molecular flexibility index (Phi) is 4.22. The predicted octanol–water partition coefficient (Wildman–Crippen LogP) is 2.87. The number of benzene rings is 1. The SMILES string of the molecule is CCOC(=O)O.c1ccc2[nH]ccc2c1. The van der Waals surface area contributed by atoms with Crippen LogP contribution in [0.3, 0.4) is 0 Å². The highest BCUT2D eigenvalue weighted by Crippen LogP contribution is 2.09. The molecule has 4 nitrogen and oxygen atoms in total. The minimum atomic E-state index is -1.21. The van der Waals surface area contributed by atoms with Gasteiger partial charge in [0.2, 0.25) is 0 Å². The number of nitrogens with one attached hydrogen (secondary N) is 1. The highest BCUT2D eigenvalue weighted by atomic mass is 16.7. The van der Waals surface area contributed by atoms with Crippen LogP contribution in [-0.2, 0) is 4.74 Å². The Bertz CT molecular complexity index is 392. The fraction of sp³-hybridized carbons (Fsp3) is 0.182. The van der Waals surface area contributed by atoms with Crippen molar-refractivity contribution in [1.29, 1.82) is 0 Å². The average molecular weight is 207 g/mol. The van der Waals surface area contributed by atoms with Gasteiger partial charge in [-0.05, 0) is 24.4 Å². The number of aromatic amines is 1. The van der Waals surface area contributed by atoms with Crippen molar-refractivity contribution in [2.45, 2.75) is 6.92 Å². The normalized spacial score (nSPS) is 9.13. The second-order valence-electron chi connectivity index (χ2n) is 2.76. The van der Waals surface area contributed by atoms with Crippen LogP contribution in [-0.4, -0.2) is 22.9 Å². The molecule has 0 aliphatic heterocycles. The maximum Gasteiger partial charge on any atom is 0.505 e. The lowest BCUT2D eigenvalue weighted by Gasteiger charge is -1.87. The van der Waals surface area contributed by atoms with E-state index >= 15 is 0 Å². The van der Waals surface area contributed by atoms with Gasteiger partial charge in [-0.3, -0.25) is 0 Å². The Morgan fingerprint density at radius 1 is 1.40 bits per heavy atom. The van der Waals surface area contributed by atoms with E-state index in [0.717, 1.165) is 0 Å². The third kappa shape index (κ3) is 3.72. The van der Waals surface area contributed by atoms with E-state index in [9.17, 15) is 4.79 Å². The molecule has 0 saturated carbocycles. The second-order valence-corrected chi connectivity index (χ2v) is 2.76. The molecule has 0 spiro atoms. The lowest BCUT2D eigenvalue weighted by molar-refractivity contribution is 0.0966. The molecule has 0 atom stereocenters. The minimum absolute atomic E-state index is 0.231. The van der Waals surface area contributed by atoms with Crippen LogP contribution in [0, 0.1) is 0 Å². The molecule has 4 heteroatoms. The average Bonchev–Trinajstić information content (AvgIpc) is 2.65. The summed E-state index contributed by atoms with van der Waals surface area (Å²) < 4.78 is 3.96. The fourth-order valence-electron chi connectivity index (χ4n) is 1.12. The van der Waals surface area contributed by atoms with Crippen LogP contribution in [0.4, 0.5) is 4.79 Å². The van der Waals surface area contributed by atoms with Crippen LogP contribution in [0.1, 0.15) is 6.92 Å². The van der Waals surface area contributed by atoms with Gasteiger partial charge in [0.05, 0.1) is 6.61 Å². The molecule has 1 heterocycles. The van der Waals surface area contributed by atoms with E-state index in [4.69, 9.17) is 5.11 Å². The quantitative estimate of drug-likeness (QED) is 0.707. The molecule has 0 amide bonds. The first kappa shape index (κ1) is 11.1. The summed E-state index contributed by atoms with van der Waals surface area (Å²) in [5.41, 5.74) is 1.21. The van der Waals surface area contributed by atoms with E-state index in [-0.39, 0.29) is 6.61 Å². The maximum atomic E-state index is 9.38. The highest BCUT2D eigenvalue weighted by molar-refractivity contribution is 5.78. The molecular weight excluding hydrogens is 194 g/mol. The van der Waals surface area contributed by atoms with Gasteiger partial charge in [0.15, 0.2) is 0 Å². The van der Waals surface area contributed by atoms with Gasteiger partial charge in [-0.1, -0.05) is 18.2 Å². The highest BCUT2D eigenvalue weighted by Gasteiger charge is 1.87. The molecule has 0 saturated heterocycles. The number of aromatic nitrogens is 1. The van der Waals surface area contributed by atoms with Gasteiger partial charge in [0, 0.05) is 11.7 Å². The van der Waals surface area contributed by atoms with Gasteiger partial charge in [-0.25, -0.2) is 4.79 Å². The van der Waals surface area contributed by atoms with Gasteiger partial charge < -0.3 is 14.8 Å². The van der Waals surface area contributed by atoms with E-state index in [1.54, 1.807) is 6.92 Å². The molecule has 0 bridgehead atoms. The van der Waals surface area contributed by atoms with Gasteiger partial charge in [0.1, 0.15) is 0 Å². The number of carbonyl (C=O) groups is 1. The van der Waals surface area contributed by atoms with E-state index < -0.39 is 6.16 Å². The lowest BCUT2D eigenvalue weighted by atomic mass is 10.3. The molecule has 0 radical (unpaired) electrons. The Labute approximate surface area is 87.5 Å². The standard InChI is InChI=1S/C8H7N.C3H6O3/c1-2-4-8-7(3-1)5-6-9-8;1-2-6-3(4)5/h1-6,9H;2H2,1H3,(H,4,5). The summed E-state index contributed by atoms with van der Waals surface area (Å²) in [6.07, 6.45) is 0.738. The first-order valence-electron chi connectivity index (χ1n) is 4.62. The summed E-state index contributed by atoms with van der Waals surface area (Å²) in [7, 11) is 0. The number of para-hydroxylation sites is 1. The number of fused-ring (bicyclic) bond motifs is 1. The largest absolute Gasteiger partial charge is 0.505 e. The third-order valence-electron chi connectivity index (χ3n) is 1.73. The summed E-state index contributed by atoms with van der Waals surface area (Å²) in [5.74, 6) is 0. The second kappa shape index (κ2) is 5.70. The molecule has 1 aromatic carbocycles. The smallest absolute Gasteiger partial charge is 0.450 e. The van der Waals surface area contributed by atoms with Crippen molar-refractivity contribution in [1.82, 2.24) is 4.98 Å². The number of H-pyrrole nitrogens is 1. The van der Waals surface area contributed by atoms with Gasteiger partial charge in [-0.2, -0.15) is 0 Å². The molecule has 2 N–H and O–H groups in total. The third-order valence-corrected chi connectivity index (χ3v) is 1.73. The predicted molar refractivity (Wildman–Crippen MR) is 57.9 cm³/mol. The molecule has 0 unspecified atom stereocenters. The van der Waals surface area contributed by atoms with Gasteiger partial charge >= 0.3 is 6.16 Å². The van der Waals surface area contributed by atoms with Crippen LogP contribution in [0.15, 0.2) is 36.5 Å². The monoisotopic (exact) mass is 207 g/mol. The van der Waals surface area contributed by atoms with E-state index in [2.05, 4.69) is 27.9 Å². The summed E-state index contributed by atoms with van der Waals surface area (Å²) in [5, 5.41) is 8.97. The van der Waals surface area contributed by atoms with Gasteiger partial charge in [0.25, 0.3) is 0 Å². The fourth-order valence-corrected chi connectivity index (χ4v) is 1.12. The number of ether oxygens (including phenoxy) is 1. The molecule has 80 valence electrons. The molecule has 2 aromatic rings. The number of rotatable bonds is 1. The molecular formula is C11H13NO3. The van der Waals surface area contributed by atoms with Crippen LogP contribution in [0.25, 0.3) is 10.9 Å². The molecule has 0 fully saturated rings. The Balaban J connectivity index is 0.000000167. The first-order chi connectivity index (χ1) is 7.24. The summed E-state index contributed by atoms with van der Waals surface area (Å²) >= 11 is 0. The maximum absolute atomic E-state index is 9.38. The van der Waals surface area contributed by atoms with Crippen molar-refractivity contribution in [3.8, 4) is 0 Å². The van der Waals surface area contributed by atoms with Gasteiger partial charge in [-0.15, -0.1) is 0 Å². The summed E-state index contributed by atoms with van der Waals surface area (Å²) in [6.45, 7) is 1.85. The molecule has 1 aromatic heterocycles. The van der Waals surface area contributed by atoms with Crippen LogP contribution < -0.4 is 0 Å². The van der Waals surface area contributed by atoms with Crippen molar-refractivity contribution in [3.05, 3.63) is 36.5 Å². The number of hydrogen-bond acceptors (Lipinski definition) is 2. The number of hydrogen-bond donors (Lipinski definition) is 2. The zero-order valence-corrected chi connectivity index (χ0v) is 8.43. The first-order valence-corrected chi connectivity index (χ1v) is 4.62. The summed E-state index contributed by atoms with van der Waals surface area (Å²) in [6, 6.07) is 10.3. The Hall–Kier alpha value is -1.97. The Morgan fingerprint density at radius 2 is 2.13 bits per heavy atom. The zero-order chi connectivity index (χ0) is 11.1. The zero-order valence-electron chi connectivity index (χ0n) is 8.43. The van der Waals surface area contributed by atoms with Crippen molar-refractivity contribution < 1.29 is 14.6 Å². The number of carboxylic acid groups (broad SMARTS) is 1. The lowest BCUT2D eigenvalue weighted by Crippen LogP contribution is -1.97. The van der Waals surface area contributed by atoms with Crippen LogP contribution in [0.5, 0.6) is 0 Å². The van der Waals surface area contributed by atoms with E-state index in [1.165, 1.54) is 10.9 Å². The van der Waals surface area contributed by atoms with Crippen molar-refractivity contribution in [2.24, 2.45) is 0 Å².